The number of anilines is 1. The van der Waals surface area contributed by atoms with E-state index >= 15 is 0 Å². The third-order valence-electron chi connectivity index (χ3n) is 2.77. The first-order valence-corrected chi connectivity index (χ1v) is 5.46. The zero-order valence-electron chi connectivity index (χ0n) is 9.90. The van der Waals surface area contributed by atoms with Gasteiger partial charge in [0.1, 0.15) is 0 Å². The fourth-order valence-electron chi connectivity index (χ4n) is 2.01. The van der Waals surface area contributed by atoms with Crippen molar-refractivity contribution in [3.05, 3.63) is 28.6 Å². The average molecular weight is 219 g/mol. The van der Waals surface area contributed by atoms with Gasteiger partial charge >= 0.3 is 0 Å². The van der Waals surface area contributed by atoms with E-state index in [4.69, 9.17) is 5.73 Å². The van der Waals surface area contributed by atoms with E-state index in [-0.39, 0.29) is 5.56 Å². The molecule has 4 heteroatoms. The van der Waals surface area contributed by atoms with E-state index in [1.54, 1.807) is 10.7 Å². The van der Waals surface area contributed by atoms with Crippen molar-refractivity contribution in [1.29, 1.82) is 0 Å². The van der Waals surface area contributed by atoms with E-state index in [0.717, 1.165) is 5.52 Å². The van der Waals surface area contributed by atoms with Crippen molar-refractivity contribution in [1.82, 2.24) is 9.36 Å². The van der Waals surface area contributed by atoms with Crippen LogP contribution in [-0.4, -0.2) is 9.36 Å². The van der Waals surface area contributed by atoms with Crippen LogP contribution in [0.15, 0.2) is 23.0 Å². The summed E-state index contributed by atoms with van der Waals surface area (Å²) in [5.41, 5.74) is 7.30. The van der Waals surface area contributed by atoms with E-state index in [9.17, 15) is 4.79 Å². The zero-order chi connectivity index (χ0) is 11.9. The summed E-state index contributed by atoms with van der Waals surface area (Å²) in [5, 5.41) is 0.630. The van der Waals surface area contributed by atoms with Gasteiger partial charge in [0.25, 0.3) is 5.56 Å². The molecule has 1 aromatic carbocycles. The number of rotatable bonds is 2. The van der Waals surface area contributed by atoms with Crippen LogP contribution in [0.5, 0.6) is 0 Å². The molecule has 0 aliphatic carbocycles. The van der Waals surface area contributed by atoms with E-state index in [2.05, 4.69) is 13.8 Å². The Balaban J connectivity index is 2.77. The Labute approximate surface area is 94.3 Å². The van der Waals surface area contributed by atoms with Crippen LogP contribution in [0.25, 0.3) is 10.9 Å². The molecule has 0 fully saturated rings. The summed E-state index contributed by atoms with van der Waals surface area (Å²) in [6, 6.07) is 5.56. The van der Waals surface area contributed by atoms with Gasteiger partial charge in [-0.05, 0) is 18.1 Å². The molecule has 2 rings (SSSR count). The van der Waals surface area contributed by atoms with Gasteiger partial charge in [-0.25, -0.2) is 4.68 Å². The van der Waals surface area contributed by atoms with E-state index in [0.29, 0.717) is 23.5 Å². The quantitative estimate of drug-likeness (QED) is 0.780. The SMILES string of the molecule is CC(C)Cn1c(=O)c2c(N)cccc2n1C. The fraction of sp³-hybridized carbons (Fsp3) is 0.417. The van der Waals surface area contributed by atoms with Crippen LogP contribution in [0.1, 0.15) is 13.8 Å². The molecule has 0 bridgehead atoms. The van der Waals surface area contributed by atoms with Crippen LogP contribution in [0.2, 0.25) is 0 Å². The number of hydrogen-bond donors (Lipinski definition) is 1. The highest BCUT2D eigenvalue weighted by Crippen LogP contribution is 2.17. The lowest BCUT2D eigenvalue weighted by Crippen LogP contribution is -2.24. The third-order valence-corrected chi connectivity index (χ3v) is 2.77. The molecule has 86 valence electrons. The third kappa shape index (κ3) is 1.50. The second kappa shape index (κ2) is 3.70. The van der Waals surface area contributed by atoms with Crippen molar-refractivity contribution >= 4 is 16.6 Å². The number of hydrogen-bond acceptors (Lipinski definition) is 2. The van der Waals surface area contributed by atoms with Crippen molar-refractivity contribution in [2.24, 2.45) is 13.0 Å². The predicted octanol–water partition coefficient (Wildman–Crippen LogP) is 1.58. The smallest absolute Gasteiger partial charge is 0.276 e. The molecule has 0 aliphatic rings. The van der Waals surface area contributed by atoms with Crippen LogP contribution in [0.3, 0.4) is 0 Å². The van der Waals surface area contributed by atoms with Crippen molar-refractivity contribution in [3.63, 3.8) is 0 Å². The lowest BCUT2D eigenvalue weighted by molar-refractivity contribution is 0.424. The first kappa shape index (κ1) is 10.8. The summed E-state index contributed by atoms with van der Waals surface area (Å²) < 4.78 is 3.62. The van der Waals surface area contributed by atoms with Gasteiger partial charge in [-0.3, -0.25) is 9.48 Å². The Hall–Kier alpha value is -1.71. The molecule has 1 heterocycles. The van der Waals surface area contributed by atoms with Gasteiger partial charge in [0, 0.05) is 19.3 Å². The second-order valence-electron chi connectivity index (χ2n) is 4.55. The molecule has 0 unspecified atom stereocenters. The summed E-state index contributed by atoms with van der Waals surface area (Å²) in [6.07, 6.45) is 0. The maximum Gasteiger partial charge on any atom is 0.276 e. The first-order valence-electron chi connectivity index (χ1n) is 5.46. The highest BCUT2D eigenvalue weighted by molar-refractivity contribution is 5.90. The minimum absolute atomic E-state index is 0.00398. The highest BCUT2D eigenvalue weighted by atomic mass is 16.1. The summed E-state index contributed by atoms with van der Waals surface area (Å²) in [4.78, 5) is 12.2. The van der Waals surface area contributed by atoms with Gasteiger partial charge in [-0.1, -0.05) is 19.9 Å². The Bertz CT molecular complexity index is 578. The van der Waals surface area contributed by atoms with Crippen LogP contribution < -0.4 is 11.3 Å². The Morgan fingerprint density at radius 2 is 2.06 bits per heavy atom. The average Bonchev–Trinajstić information content (AvgIpc) is 2.44. The van der Waals surface area contributed by atoms with Crippen molar-refractivity contribution in [3.8, 4) is 0 Å². The number of nitrogen functional groups attached to an aromatic ring is 1. The molecule has 16 heavy (non-hydrogen) atoms. The number of nitrogens with two attached hydrogens (primary N) is 1. The maximum absolute atomic E-state index is 12.2. The lowest BCUT2D eigenvalue weighted by Gasteiger charge is -2.09. The van der Waals surface area contributed by atoms with Crippen molar-refractivity contribution < 1.29 is 0 Å². The summed E-state index contributed by atoms with van der Waals surface area (Å²) in [7, 11) is 1.89. The summed E-state index contributed by atoms with van der Waals surface area (Å²) >= 11 is 0. The number of aryl methyl sites for hydroxylation is 1. The Morgan fingerprint density at radius 3 is 2.62 bits per heavy atom. The van der Waals surface area contributed by atoms with Gasteiger partial charge in [0.05, 0.1) is 10.9 Å². The minimum atomic E-state index is 0.00398. The molecule has 0 radical (unpaired) electrons. The molecular formula is C12H17N3O. The van der Waals surface area contributed by atoms with Gasteiger partial charge < -0.3 is 5.73 Å². The normalized spacial score (nSPS) is 11.5. The topological polar surface area (TPSA) is 52.9 Å². The fourth-order valence-corrected chi connectivity index (χ4v) is 2.01. The predicted molar refractivity (Wildman–Crippen MR) is 66.4 cm³/mol. The Kier molecular flexibility index (Phi) is 2.50. The molecule has 0 aliphatic heterocycles. The molecule has 0 amide bonds. The number of fused-ring (bicyclic) bond motifs is 1. The number of aromatic nitrogens is 2. The zero-order valence-corrected chi connectivity index (χ0v) is 9.90. The summed E-state index contributed by atoms with van der Waals surface area (Å²) in [5.74, 6) is 0.432. The van der Waals surface area contributed by atoms with Gasteiger partial charge in [-0.15, -0.1) is 0 Å². The largest absolute Gasteiger partial charge is 0.398 e. The minimum Gasteiger partial charge on any atom is -0.398 e. The van der Waals surface area contributed by atoms with Gasteiger partial charge in [0.2, 0.25) is 0 Å². The van der Waals surface area contributed by atoms with Crippen molar-refractivity contribution in [2.75, 3.05) is 5.73 Å². The lowest BCUT2D eigenvalue weighted by atomic mass is 10.2. The molecule has 0 saturated carbocycles. The molecule has 2 aromatic rings. The first-order chi connectivity index (χ1) is 7.52. The van der Waals surface area contributed by atoms with Crippen molar-refractivity contribution in [2.45, 2.75) is 20.4 Å². The van der Waals surface area contributed by atoms with Crippen LogP contribution >= 0.6 is 0 Å². The maximum atomic E-state index is 12.2. The second-order valence-corrected chi connectivity index (χ2v) is 4.55. The monoisotopic (exact) mass is 219 g/mol. The van der Waals surface area contributed by atoms with E-state index < -0.39 is 0 Å². The standard InChI is InChI=1S/C12H17N3O/c1-8(2)7-15-12(16)11-9(13)5-4-6-10(11)14(15)3/h4-6,8H,7,13H2,1-3H3. The molecule has 0 spiro atoms. The molecule has 0 saturated heterocycles. The Morgan fingerprint density at radius 1 is 1.38 bits per heavy atom. The van der Waals surface area contributed by atoms with Crippen LogP contribution in [0.4, 0.5) is 5.69 Å². The van der Waals surface area contributed by atoms with E-state index in [1.165, 1.54) is 0 Å². The van der Waals surface area contributed by atoms with E-state index in [1.807, 2.05) is 23.9 Å². The molecule has 4 nitrogen and oxygen atoms in total. The molecule has 0 atom stereocenters. The van der Waals surface area contributed by atoms with Crippen LogP contribution in [-0.2, 0) is 13.6 Å². The highest BCUT2D eigenvalue weighted by Gasteiger charge is 2.13. The molecule has 2 N–H and O–H groups in total. The number of benzene rings is 1. The summed E-state index contributed by atoms with van der Waals surface area (Å²) in [6.45, 7) is 4.89. The number of nitrogens with zero attached hydrogens (tertiary/aromatic N) is 2. The van der Waals surface area contributed by atoms with Crippen LogP contribution in [0, 0.1) is 5.92 Å². The molecule has 1 aromatic heterocycles. The van der Waals surface area contributed by atoms with Gasteiger partial charge in [0.15, 0.2) is 0 Å². The van der Waals surface area contributed by atoms with Gasteiger partial charge in [-0.2, -0.15) is 0 Å². The molecular weight excluding hydrogens is 202 g/mol.